The summed E-state index contributed by atoms with van der Waals surface area (Å²) in [5, 5.41) is 5.40. The molecule has 1 aliphatic heterocycles. The average Bonchev–Trinajstić information content (AvgIpc) is 3.11. The third-order valence-corrected chi connectivity index (χ3v) is 5.48. The molecule has 0 spiro atoms. The lowest BCUT2D eigenvalue weighted by Crippen LogP contribution is -3.15. The van der Waals surface area contributed by atoms with Crippen LogP contribution in [-0.4, -0.2) is 37.9 Å². The highest BCUT2D eigenvalue weighted by molar-refractivity contribution is 5.99. The van der Waals surface area contributed by atoms with Crippen LogP contribution in [0.1, 0.15) is 34.6 Å². The van der Waals surface area contributed by atoms with Gasteiger partial charge in [-0.1, -0.05) is 48.5 Å². The smallest absolute Gasteiger partial charge is 0.307 e. The van der Waals surface area contributed by atoms with E-state index >= 15 is 0 Å². The molecule has 6 nitrogen and oxygen atoms in total. The van der Waals surface area contributed by atoms with Gasteiger partial charge in [0.2, 0.25) is 0 Å². The van der Waals surface area contributed by atoms with E-state index in [9.17, 15) is 4.79 Å². The van der Waals surface area contributed by atoms with Gasteiger partial charge >= 0.3 is 5.91 Å². The lowest BCUT2D eigenvalue weighted by atomic mass is 10.0. The van der Waals surface area contributed by atoms with Gasteiger partial charge in [-0.2, -0.15) is 5.10 Å². The second kappa shape index (κ2) is 8.59. The van der Waals surface area contributed by atoms with Crippen LogP contribution in [0, 0.1) is 6.92 Å². The molecule has 29 heavy (non-hydrogen) atoms. The standard InChI is InChI=1S/C23H25N3O3/c1-16-19-10-6-7-11-20(19)29-22(16)23(27)25-24-17(2)21(18-8-4-3-5-9-18)26-12-14-28-15-13-26/h3-11,21H,12-15H2,1-2H3,(H,25,27)/p+1/b24-17-/t21-/m0/s1. The fraction of sp³-hybridized carbons (Fsp3) is 0.304. The van der Waals surface area contributed by atoms with Gasteiger partial charge in [-0.05, 0) is 19.9 Å². The van der Waals surface area contributed by atoms with Crippen molar-refractivity contribution in [2.24, 2.45) is 5.10 Å². The normalized spacial score (nSPS) is 16.7. The van der Waals surface area contributed by atoms with Crippen LogP contribution in [0.2, 0.25) is 0 Å². The molecule has 1 saturated heterocycles. The maximum absolute atomic E-state index is 12.7. The molecule has 2 heterocycles. The minimum absolute atomic E-state index is 0.0668. The number of furan rings is 1. The Morgan fingerprint density at radius 2 is 1.76 bits per heavy atom. The number of hydrogen-bond donors (Lipinski definition) is 2. The Labute approximate surface area is 170 Å². The van der Waals surface area contributed by atoms with Crippen molar-refractivity contribution in [3.8, 4) is 0 Å². The number of ether oxygens (including phenoxy) is 1. The summed E-state index contributed by atoms with van der Waals surface area (Å²) < 4.78 is 11.3. The fourth-order valence-electron chi connectivity index (χ4n) is 3.99. The van der Waals surface area contributed by atoms with Gasteiger partial charge in [0.25, 0.3) is 0 Å². The molecule has 1 aromatic heterocycles. The average molecular weight is 392 g/mol. The van der Waals surface area contributed by atoms with Crippen LogP contribution in [0.3, 0.4) is 0 Å². The molecular weight excluding hydrogens is 366 g/mol. The number of aryl methyl sites for hydroxylation is 1. The summed E-state index contributed by atoms with van der Waals surface area (Å²) in [7, 11) is 0. The summed E-state index contributed by atoms with van der Waals surface area (Å²) in [5.74, 6) is -0.0282. The van der Waals surface area contributed by atoms with Crippen molar-refractivity contribution in [1.29, 1.82) is 0 Å². The molecule has 0 bridgehead atoms. The van der Waals surface area contributed by atoms with E-state index in [1.165, 1.54) is 10.5 Å². The highest BCUT2D eigenvalue weighted by Gasteiger charge is 2.29. The molecule has 1 fully saturated rings. The number of quaternary nitrogens is 1. The van der Waals surface area contributed by atoms with Gasteiger partial charge in [0.05, 0.1) is 18.9 Å². The van der Waals surface area contributed by atoms with Crippen molar-refractivity contribution in [3.05, 3.63) is 71.5 Å². The van der Waals surface area contributed by atoms with Gasteiger partial charge in [-0.15, -0.1) is 0 Å². The van der Waals surface area contributed by atoms with Gasteiger partial charge in [-0.25, -0.2) is 5.43 Å². The van der Waals surface area contributed by atoms with E-state index in [1.807, 2.05) is 56.3 Å². The van der Waals surface area contributed by atoms with Gasteiger partial charge in [0.15, 0.2) is 11.8 Å². The van der Waals surface area contributed by atoms with E-state index < -0.39 is 0 Å². The largest absolute Gasteiger partial charge is 0.451 e. The van der Waals surface area contributed by atoms with E-state index in [4.69, 9.17) is 9.15 Å². The zero-order chi connectivity index (χ0) is 20.2. The van der Waals surface area contributed by atoms with E-state index in [-0.39, 0.29) is 11.9 Å². The molecule has 2 N–H and O–H groups in total. The Hall–Kier alpha value is -2.96. The Balaban J connectivity index is 1.57. The first-order valence-corrected chi connectivity index (χ1v) is 9.95. The van der Waals surface area contributed by atoms with Crippen LogP contribution in [-0.2, 0) is 4.74 Å². The van der Waals surface area contributed by atoms with Crippen molar-refractivity contribution in [2.75, 3.05) is 26.3 Å². The lowest BCUT2D eigenvalue weighted by molar-refractivity contribution is -0.928. The van der Waals surface area contributed by atoms with Crippen LogP contribution in [0.4, 0.5) is 0 Å². The third-order valence-electron chi connectivity index (χ3n) is 5.48. The van der Waals surface area contributed by atoms with Crippen molar-refractivity contribution < 1.29 is 18.8 Å². The zero-order valence-electron chi connectivity index (χ0n) is 16.8. The van der Waals surface area contributed by atoms with Gasteiger partial charge in [-0.3, -0.25) is 4.79 Å². The Bertz CT molecular complexity index is 1020. The zero-order valence-corrected chi connectivity index (χ0v) is 16.8. The molecule has 0 radical (unpaired) electrons. The maximum Gasteiger partial charge on any atom is 0.307 e. The molecule has 4 rings (SSSR count). The number of benzene rings is 2. The number of amides is 1. The number of morpholine rings is 1. The number of para-hydroxylation sites is 1. The highest BCUT2D eigenvalue weighted by Crippen LogP contribution is 2.24. The second-order valence-electron chi connectivity index (χ2n) is 7.36. The first kappa shape index (κ1) is 19.4. The monoisotopic (exact) mass is 392 g/mol. The SMILES string of the molecule is C/C(=N/NC(=O)c1oc2ccccc2c1C)[C@@H](c1ccccc1)[NH+]1CCOCC1. The summed E-state index contributed by atoms with van der Waals surface area (Å²) >= 11 is 0. The summed E-state index contributed by atoms with van der Waals surface area (Å²) in [6, 6.07) is 18.0. The Morgan fingerprint density at radius 1 is 1.07 bits per heavy atom. The molecular formula is C23H26N3O3+. The summed E-state index contributed by atoms with van der Waals surface area (Å²) in [4.78, 5) is 14.1. The number of carbonyl (C=O) groups excluding carboxylic acids is 1. The van der Waals surface area contributed by atoms with Crippen LogP contribution in [0.15, 0.2) is 64.1 Å². The van der Waals surface area contributed by atoms with Crippen molar-refractivity contribution in [1.82, 2.24) is 5.43 Å². The lowest BCUT2D eigenvalue weighted by Gasteiger charge is -2.31. The minimum Gasteiger partial charge on any atom is -0.451 e. The molecule has 1 aliphatic rings. The molecule has 0 unspecified atom stereocenters. The third kappa shape index (κ3) is 4.09. The minimum atomic E-state index is -0.332. The van der Waals surface area contributed by atoms with E-state index in [0.717, 1.165) is 43.0 Å². The number of hydrogen-bond acceptors (Lipinski definition) is 4. The fourth-order valence-corrected chi connectivity index (χ4v) is 3.99. The van der Waals surface area contributed by atoms with Crippen LogP contribution < -0.4 is 10.3 Å². The summed E-state index contributed by atoms with van der Waals surface area (Å²) in [5.41, 5.74) is 6.27. The first-order valence-electron chi connectivity index (χ1n) is 9.95. The van der Waals surface area contributed by atoms with Gasteiger partial charge < -0.3 is 14.1 Å². The molecule has 150 valence electrons. The topological polar surface area (TPSA) is 68.3 Å². The molecule has 1 atom stereocenters. The van der Waals surface area contributed by atoms with Crippen molar-refractivity contribution >= 4 is 22.6 Å². The summed E-state index contributed by atoms with van der Waals surface area (Å²) in [6.07, 6.45) is 0. The van der Waals surface area contributed by atoms with Gasteiger partial charge in [0.1, 0.15) is 18.7 Å². The predicted molar refractivity (Wildman–Crippen MR) is 112 cm³/mol. The number of nitrogens with one attached hydrogen (secondary N) is 2. The van der Waals surface area contributed by atoms with E-state index in [0.29, 0.717) is 11.3 Å². The van der Waals surface area contributed by atoms with E-state index in [1.54, 1.807) is 0 Å². The van der Waals surface area contributed by atoms with Crippen molar-refractivity contribution in [2.45, 2.75) is 19.9 Å². The second-order valence-corrected chi connectivity index (χ2v) is 7.36. The Kier molecular flexibility index (Phi) is 5.74. The number of nitrogens with zero attached hydrogens (tertiary/aromatic N) is 1. The van der Waals surface area contributed by atoms with E-state index in [2.05, 4.69) is 22.7 Å². The van der Waals surface area contributed by atoms with Crippen molar-refractivity contribution in [3.63, 3.8) is 0 Å². The van der Waals surface area contributed by atoms with Crippen LogP contribution in [0.5, 0.6) is 0 Å². The molecule has 6 heteroatoms. The predicted octanol–water partition coefficient (Wildman–Crippen LogP) is 2.50. The first-order chi connectivity index (χ1) is 14.1. The van der Waals surface area contributed by atoms with Gasteiger partial charge in [0, 0.05) is 16.5 Å². The molecule has 0 aliphatic carbocycles. The number of carbonyl (C=O) groups is 1. The summed E-state index contributed by atoms with van der Waals surface area (Å²) in [6.45, 7) is 7.13. The van der Waals surface area contributed by atoms with Crippen LogP contribution >= 0.6 is 0 Å². The molecule has 1 amide bonds. The quantitative estimate of drug-likeness (QED) is 0.518. The number of hydrazone groups is 1. The highest BCUT2D eigenvalue weighted by atomic mass is 16.5. The van der Waals surface area contributed by atoms with Crippen LogP contribution in [0.25, 0.3) is 11.0 Å². The molecule has 3 aromatic rings. The number of fused-ring (bicyclic) bond motifs is 1. The molecule has 0 saturated carbocycles. The molecule has 2 aromatic carbocycles. The maximum atomic E-state index is 12.7. The number of rotatable bonds is 5. The Morgan fingerprint density at radius 3 is 2.48 bits per heavy atom.